The number of rotatable bonds is 5. The number of hydrogen-bond acceptors (Lipinski definition) is 6. The fourth-order valence-electron chi connectivity index (χ4n) is 4.09. The van der Waals surface area contributed by atoms with Crippen LogP contribution in [-0.2, 0) is 20.9 Å². The Labute approximate surface area is 199 Å². The van der Waals surface area contributed by atoms with Gasteiger partial charge in [0, 0.05) is 11.1 Å². The van der Waals surface area contributed by atoms with Crippen LogP contribution in [0.4, 0.5) is 0 Å². The van der Waals surface area contributed by atoms with Gasteiger partial charge in [0.1, 0.15) is 23.8 Å². The van der Waals surface area contributed by atoms with Gasteiger partial charge in [-0.3, -0.25) is 9.59 Å². The highest BCUT2D eigenvalue weighted by molar-refractivity contribution is 7.16. The van der Waals surface area contributed by atoms with Crippen molar-refractivity contribution in [1.82, 2.24) is 4.57 Å². The Hall–Kier alpha value is -3.91. The zero-order chi connectivity index (χ0) is 23.7. The summed E-state index contributed by atoms with van der Waals surface area (Å²) < 4.78 is 19.1. The lowest BCUT2D eigenvalue weighted by atomic mass is 9.87. The zero-order valence-corrected chi connectivity index (χ0v) is 19.5. The van der Waals surface area contributed by atoms with Gasteiger partial charge >= 0.3 is 5.97 Å². The molecule has 2 heterocycles. The number of fused-ring (bicyclic) bond motifs is 3. The lowest BCUT2D eigenvalue weighted by molar-refractivity contribution is -0.143. The summed E-state index contributed by atoms with van der Waals surface area (Å²) in [5.41, 5.74) is 2.29. The van der Waals surface area contributed by atoms with Crippen molar-refractivity contribution in [1.29, 1.82) is 0 Å². The molecular weight excluding hydrogens is 452 g/mol. The van der Waals surface area contributed by atoms with Crippen molar-refractivity contribution < 1.29 is 23.8 Å². The number of thiazole rings is 1. The SMILES string of the molecule is CCOC(=O)Cn1c(=NC(=O)C2c3ccccc3Oc3ccccc32)sc2cc(OC)ccc21. The van der Waals surface area contributed by atoms with Crippen LogP contribution in [0.2, 0.25) is 0 Å². The molecule has 1 aliphatic rings. The van der Waals surface area contributed by atoms with Crippen molar-refractivity contribution in [3.05, 3.63) is 82.7 Å². The molecule has 0 unspecified atom stereocenters. The summed E-state index contributed by atoms with van der Waals surface area (Å²) in [5.74, 6) is 0.609. The molecule has 0 radical (unpaired) electrons. The number of methoxy groups -OCH3 is 1. The van der Waals surface area contributed by atoms with Gasteiger partial charge in [-0.05, 0) is 37.3 Å². The minimum Gasteiger partial charge on any atom is -0.497 e. The first-order valence-corrected chi connectivity index (χ1v) is 11.7. The number of carbonyl (C=O) groups excluding carboxylic acids is 2. The molecule has 1 aliphatic heterocycles. The van der Waals surface area contributed by atoms with Crippen molar-refractivity contribution >= 4 is 33.4 Å². The van der Waals surface area contributed by atoms with Crippen LogP contribution in [0.15, 0.2) is 71.7 Å². The molecule has 4 aromatic rings. The van der Waals surface area contributed by atoms with Crippen molar-refractivity contribution in [2.45, 2.75) is 19.4 Å². The normalized spacial score (nSPS) is 13.2. The Balaban J connectivity index is 1.65. The third-order valence-electron chi connectivity index (χ3n) is 5.62. The van der Waals surface area contributed by atoms with Gasteiger partial charge in [0.2, 0.25) is 0 Å². The van der Waals surface area contributed by atoms with Crippen LogP contribution in [0.5, 0.6) is 17.2 Å². The quantitative estimate of drug-likeness (QED) is 0.394. The second-order valence-corrected chi connectivity index (χ2v) is 8.68. The van der Waals surface area contributed by atoms with Gasteiger partial charge in [-0.25, -0.2) is 0 Å². The van der Waals surface area contributed by atoms with Crippen molar-refractivity contribution in [3.63, 3.8) is 0 Å². The molecule has 0 saturated heterocycles. The van der Waals surface area contributed by atoms with Gasteiger partial charge in [-0.15, -0.1) is 0 Å². The summed E-state index contributed by atoms with van der Waals surface area (Å²) in [6.07, 6.45) is 0. The molecule has 8 heteroatoms. The van der Waals surface area contributed by atoms with Crippen LogP contribution in [-0.4, -0.2) is 30.2 Å². The largest absolute Gasteiger partial charge is 0.497 e. The predicted molar refractivity (Wildman–Crippen MR) is 128 cm³/mol. The van der Waals surface area contributed by atoms with Crippen LogP contribution in [0, 0.1) is 0 Å². The van der Waals surface area contributed by atoms with E-state index in [1.165, 1.54) is 11.3 Å². The highest BCUT2D eigenvalue weighted by Crippen LogP contribution is 2.44. The highest BCUT2D eigenvalue weighted by Gasteiger charge is 2.32. The molecule has 0 atom stereocenters. The molecule has 0 bridgehead atoms. The van der Waals surface area contributed by atoms with Gasteiger partial charge in [0.15, 0.2) is 4.80 Å². The number of para-hydroxylation sites is 2. The van der Waals surface area contributed by atoms with Crippen molar-refractivity contribution in [2.75, 3.05) is 13.7 Å². The first-order valence-electron chi connectivity index (χ1n) is 10.9. The summed E-state index contributed by atoms with van der Waals surface area (Å²) in [5, 5.41) is 0. The standard InChI is InChI=1S/C26H22N2O5S/c1-3-32-23(29)15-28-19-13-12-16(31-2)14-22(19)34-26(28)27-25(30)24-17-8-4-6-10-20(17)33-21-11-7-5-9-18(21)24/h4-14,24H,3,15H2,1-2H3. The van der Waals surface area contributed by atoms with Crippen LogP contribution < -0.4 is 14.3 Å². The third kappa shape index (κ3) is 3.97. The maximum absolute atomic E-state index is 13.7. The van der Waals surface area contributed by atoms with Gasteiger partial charge in [-0.1, -0.05) is 47.7 Å². The minimum absolute atomic E-state index is 0.0484. The summed E-state index contributed by atoms with van der Waals surface area (Å²) in [6.45, 7) is 1.98. The van der Waals surface area contributed by atoms with E-state index in [0.29, 0.717) is 22.0 Å². The highest BCUT2D eigenvalue weighted by atomic mass is 32.1. The first-order chi connectivity index (χ1) is 16.6. The molecule has 0 saturated carbocycles. The number of aromatic nitrogens is 1. The fraction of sp³-hybridized carbons (Fsp3) is 0.192. The topological polar surface area (TPSA) is 79.1 Å². The Morgan fingerprint density at radius 1 is 1.03 bits per heavy atom. The average Bonchev–Trinajstić information content (AvgIpc) is 3.18. The lowest BCUT2D eigenvalue weighted by Gasteiger charge is -2.25. The van der Waals surface area contributed by atoms with E-state index in [4.69, 9.17) is 14.2 Å². The molecule has 0 fully saturated rings. The zero-order valence-electron chi connectivity index (χ0n) is 18.7. The fourth-order valence-corrected chi connectivity index (χ4v) is 5.15. The van der Waals surface area contributed by atoms with Crippen LogP contribution >= 0.6 is 11.3 Å². The smallest absolute Gasteiger partial charge is 0.326 e. The monoisotopic (exact) mass is 474 g/mol. The Morgan fingerprint density at radius 2 is 1.71 bits per heavy atom. The molecule has 1 amide bonds. The maximum atomic E-state index is 13.7. The van der Waals surface area contributed by atoms with Gasteiger partial charge in [0.25, 0.3) is 5.91 Å². The number of hydrogen-bond donors (Lipinski definition) is 0. The van der Waals surface area contributed by atoms with E-state index in [1.54, 1.807) is 18.6 Å². The van der Waals surface area contributed by atoms with Crippen LogP contribution in [0.1, 0.15) is 24.0 Å². The third-order valence-corrected chi connectivity index (χ3v) is 6.66. The molecule has 0 N–H and O–H groups in total. The number of nitrogens with zero attached hydrogens (tertiary/aromatic N) is 2. The molecule has 7 nitrogen and oxygen atoms in total. The number of carbonyl (C=O) groups is 2. The summed E-state index contributed by atoms with van der Waals surface area (Å²) in [6, 6.07) is 20.5. The minimum atomic E-state index is -0.614. The Kier molecular flexibility index (Phi) is 5.90. The van der Waals surface area contributed by atoms with E-state index in [-0.39, 0.29) is 19.1 Å². The second-order valence-electron chi connectivity index (χ2n) is 7.67. The molecule has 5 rings (SSSR count). The van der Waals surface area contributed by atoms with Gasteiger partial charge < -0.3 is 18.8 Å². The maximum Gasteiger partial charge on any atom is 0.326 e. The molecular formula is C26H22N2O5S. The lowest BCUT2D eigenvalue weighted by Crippen LogP contribution is -2.25. The van der Waals surface area contributed by atoms with E-state index in [2.05, 4.69) is 4.99 Å². The van der Waals surface area contributed by atoms with Gasteiger partial charge in [0.05, 0.1) is 29.9 Å². The number of ether oxygens (including phenoxy) is 3. The average molecular weight is 475 g/mol. The van der Waals surface area contributed by atoms with Crippen LogP contribution in [0.3, 0.4) is 0 Å². The second kappa shape index (κ2) is 9.15. The Morgan fingerprint density at radius 3 is 2.35 bits per heavy atom. The summed E-state index contributed by atoms with van der Waals surface area (Å²) >= 11 is 1.32. The molecule has 3 aromatic carbocycles. The van der Waals surface area contributed by atoms with E-state index in [1.807, 2.05) is 66.7 Å². The number of amides is 1. The molecule has 0 aliphatic carbocycles. The number of esters is 1. The first kappa shape index (κ1) is 21.9. The van der Waals surface area contributed by atoms with Gasteiger partial charge in [-0.2, -0.15) is 4.99 Å². The van der Waals surface area contributed by atoms with E-state index in [9.17, 15) is 9.59 Å². The van der Waals surface area contributed by atoms with Crippen LogP contribution in [0.25, 0.3) is 10.2 Å². The van der Waals surface area contributed by atoms with E-state index < -0.39 is 11.9 Å². The predicted octanol–water partition coefficient (Wildman–Crippen LogP) is 4.64. The summed E-state index contributed by atoms with van der Waals surface area (Å²) in [4.78, 5) is 31.0. The Bertz CT molecular complexity index is 1420. The summed E-state index contributed by atoms with van der Waals surface area (Å²) in [7, 11) is 1.59. The van der Waals surface area contributed by atoms with Crippen molar-refractivity contribution in [3.8, 4) is 17.2 Å². The molecule has 1 aromatic heterocycles. The number of benzene rings is 3. The van der Waals surface area contributed by atoms with E-state index in [0.717, 1.165) is 21.3 Å². The molecule has 0 spiro atoms. The molecule has 172 valence electrons. The van der Waals surface area contributed by atoms with Crippen molar-refractivity contribution in [2.24, 2.45) is 4.99 Å². The van der Waals surface area contributed by atoms with E-state index >= 15 is 0 Å². The molecule has 34 heavy (non-hydrogen) atoms.